The van der Waals surface area contributed by atoms with Crippen molar-refractivity contribution in [2.75, 3.05) is 6.61 Å². The summed E-state index contributed by atoms with van der Waals surface area (Å²) in [7, 11) is 1.86. The van der Waals surface area contributed by atoms with Gasteiger partial charge in [0.1, 0.15) is 6.61 Å². The summed E-state index contributed by atoms with van der Waals surface area (Å²) in [6.07, 6.45) is 3.65. The monoisotopic (exact) mass is 257 g/mol. The van der Waals surface area contributed by atoms with Crippen molar-refractivity contribution in [3.8, 4) is 17.6 Å². The van der Waals surface area contributed by atoms with Crippen molar-refractivity contribution in [3.63, 3.8) is 0 Å². The van der Waals surface area contributed by atoms with E-state index in [9.17, 15) is 0 Å². The van der Waals surface area contributed by atoms with E-state index in [1.165, 1.54) is 0 Å². The predicted molar refractivity (Wildman–Crippen MR) is 69.9 cm³/mol. The summed E-state index contributed by atoms with van der Waals surface area (Å²) in [5.74, 6) is 1.22. The van der Waals surface area contributed by atoms with Crippen LogP contribution in [0.4, 0.5) is 0 Å². The molecule has 0 N–H and O–H groups in total. The molecule has 98 valence electrons. The van der Waals surface area contributed by atoms with Gasteiger partial charge in [-0.05, 0) is 19.1 Å². The van der Waals surface area contributed by atoms with Crippen LogP contribution in [0.25, 0.3) is 0 Å². The Morgan fingerprint density at radius 1 is 1.32 bits per heavy atom. The molecule has 2 aromatic rings. The van der Waals surface area contributed by atoms with Crippen LogP contribution in [0.2, 0.25) is 0 Å². The smallest absolute Gasteiger partial charge is 0.162 e. The second-order valence-corrected chi connectivity index (χ2v) is 4.02. The first-order valence-corrected chi connectivity index (χ1v) is 6.00. The average Bonchev–Trinajstić information content (AvgIpc) is 2.83. The van der Waals surface area contributed by atoms with Crippen LogP contribution in [0.3, 0.4) is 0 Å². The number of aryl methyl sites for hydroxylation is 1. The topological polar surface area (TPSA) is 60.1 Å². The molecule has 5 heteroatoms. The molecule has 2 rings (SSSR count). The average molecular weight is 257 g/mol. The zero-order valence-electron chi connectivity index (χ0n) is 11.0. The molecule has 0 aliphatic heterocycles. The fraction of sp³-hybridized carbons (Fsp3) is 0.286. The third-order valence-electron chi connectivity index (χ3n) is 2.53. The van der Waals surface area contributed by atoms with Crippen molar-refractivity contribution >= 4 is 0 Å². The molecule has 0 atom stereocenters. The third-order valence-corrected chi connectivity index (χ3v) is 2.53. The van der Waals surface area contributed by atoms with Gasteiger partial charge in [0.15, 0.2) is 11.5 Å². The van der Waals surface area contributed by atoms with Crippen molar-refractivity contribution in [2.24, 2.45) is 7.05 Å². The van der Waals surface area contributed by atoms with E-state index in [2.05, 4.69) is 11.2 Å². The zero-order chi connectivity index (χ0) is 13.7. The maximum atomic E-state index is 8.87. The van der Waals surface area contributed by atoms with Crippen LogP contribution in [0.15, 0.2) is 30.6 Å². The van der Waals surface area contributed by atoms with E-state index in [1.807, 2.05) is 20.2 Å². The van der Waals surface area contributed by atoms with Crippen molar-refractivity contribution in [1.29, 1.82) is 5.26 Å². The molecule has 0 aliphatic carbocycles. The molecule has 1 aromatic carbocycles. The summed E-state index contributed by atoms with van der Waals surface area (Å²) in [4.78, 5) is 0. The second kappa shape index (κ2) is 5.91. The van der Waals surface area contributed by atoms with Crippen LogP contribution in [0, 0.1) is 11.3 Å². The second-order valence-electron chi connectivity index (χ2n) is 4.02. The first-order chi connectivity index (χ1) is 9.22. The van der Waals surface area contributed by atoms with Crippen LogP contribution < -0.4 is 9.47 Å². The minimum absolute atomic E-state index is 0.416. The van der Waals surface area contributed by atoms with Gasteiger partial charge in [0.2, 0.25) is 0 Å². The Kier molecular flexibility index (Phi) is 4.04. The molecule has 0 saturated heterocycles. The molecule has 0 radical (unpaired) electrons. The Hall–Kier alpha value is -2.48. The molecule has 0 fully saturated rings. The largest absolute Gasteiger partial charge is 0.490 e. The molecular formula is C14H15N3O2. The van der Waals surface area contributed by atoms with Gasteiger partial charge < -0.3 is 9.47 Å². The number of ether oxygens (including phenoxy) is 2. The summed E-state index contributed by atoms with van der Waals surface area (Å²) in [6.45, 7) is 2.84. The van der Waals surface area contributed by atoms with Crippen molar-refractivity contribution in [1.82, 2.24) is 9.78 Å². The minimum Gasteiger partial charge on any atom is -0.490 e. The summed E-state index contributed by atoms with van der Waals surface area (Å²) in [5.41, 5.74) is 1.53. The number of nitrogens with zero attached hydrogens (tertiary/aromatic N) is 3. The Balaban J connectivity index is 2.12. The maximum Gasteiger partial charge on any atom is 0.162 e. The number of hydrogen-bond donors (Lipinski definition) is 0. The molecule has 0 aliphatic rings. The van der Waals surface area contributed by atoms with Gasteiger partial charge >= 0.3 is 0 Å². The van der Waals surface area contributed by atoms with E-state index in [-0.39, 0.29) is 0 Å². The fourth-order valence-electron chi connectivity index (χ4n) is 1.67. The molecule has 0 spiro atoms. The number of aromatic nitrogens is 2. The zero-order valence-corrected chi connectivity index (χ0v) is 11.0. The first-order valence-electron chi connectivity index (χ1n) is 6.00. The van der Waals surface area contributed by atoms with E-state index in [0.717, 1.165) is 5.56 Å². The lowest BCUT2D eigenvalue weighted by Gasteiger charge is -2.11. The molecule has 0 bridgehead atoms. The molecule has 19 heavy (non-hydrogen) atoms. The lowest BCUT2D eigenvalue weighted by molar-refractivity contribution is 0.269. The van der Waals surface area contributed by atoms with E-state index < -0.39 is 0 Å². The number of benzene rings is 1. The lowest BCUT2D eigenvalue weighted by Crippen LogP contribution is -1.99. The SMILES string of the molecule is CCOc1cc(C#N)ccc1OCc1cnn(C)c1. The molecule has 5 nitrogen and oxygen atoms in total. The summed E-state index contributed by atoms with van der Waals surface area (Å²) in [6, 6.07) is 7.22. The quantitative estimate of drug-likeness (QED) is 0.824. The van der Waals surface area contributed by atoms with Gasteiger partial charge in [0.25, 0.3) is 0 Å². The predicted octanol–water partition coefficient (Wildman–Crippen LogP) is 2.27. The van der Waals surface area contributed by atoms with Crippen LogP contribution in [-0.4, -0.2) is 16.4 Å². The lowest BCUT2D eigenvalue weighted by atomic mass is 10.2. The fourth-order valence-corrected chi connectivity index (χ4v) is 1.67. The maximum absolute atomic E-state index is 8.87. The van der Waals surface area contributed by atoms with Gasteiger partial charge in [0.05, 0.1) is 24.4 Å². The van der Waals surface area contributed by atoms with Crippen LogP contribution in [-0.2, 0) is 13.7 Å². The van der Waals surface area contributed by atoms with Gasteiger partial charge in [-0.1, -0.05) is 0 Å². The third kappa shape index (κ3) is 3.26. The molecule has 0 amide bonds. The van der Waals surface area contributed by atoms with Crippen LogP contribution >= 0.6 is 0 Å². The normalized spacial score (nSPS) is 9.95. The van der Waals surface area contributed by atoms with Gasteiger partial charge in [-0.25, -0.2) is 0 Å². The molecular weight excluding hydrogens is 242 g/mol. The minimum atomic E-state index is 0.416. The van der Waals surface area contributed by atoms with Gasteiger partial charge in [0, 0.05) is 24.9 Å². The van der Waals surface area contributed by atoms with E-state index in [1.54, 1.807) is 29.1 Å². The first kappa shape index (κ1) is 13.0. The highest BCUT2D eigenvalue weighted by molar-refractivity contribution is 5.46. The Bertz CT molecular complexity index is 599. The van der Waals surface area contributed by atoms with Crippen LogP contribution in [0.1, 0.15) is 18.1 Å². The van der Waals surface area contributed by atoms with Crippen molar-refractivity contribution < 1.29 is 9.47 Å². The Morgan fingerprint density at radius 2 is 2.16 bits per heavy atom. The summed E-state index contributed by atoms with van der Waals surface area (Å²) < 4.78 is 12.9. The van der Waals surface area contributed by atoms with Crippen LogP contribution in [0.5, 0.6) is 11.5 Å². The molecule has 1 aromatic heterocycles. The number of rotatable bonds is 5. The van der Waals surface area contributed by atoms with Gasteiger partial charge in [-0.3, -0.25) is 4.68 Å². The summed E-state index contributed by atoms with van der Waals surface area (Å²) in [5, 5.41) is 13.0. The highest BCUT2D eigenvalue weighted by Crippen LogP contribution is 2.28. The van der Waals surface area contributed by atoms with Crippen molar-refractivity contribution in [2.45, 2.75) is 13.5 Å². The summed E-state index contributed by atoms with van der Waals surface area (Å²) >= 11 is 0. The van der Waals surface area contributed by atoms with Gasteiger partial charge in [-0.2, -0.15) is 10.4 Å². The highest BCUT2D eigenvalue weighted by atomic mass is 16.5. The van der Waals surface area contributed by atoms with E-state index >= 15 is 0 Å². The van der Waals surface area contributed by atoms with E-state index in [4.69, 9.17) is 14.7 Å². The number of nitriles is 1. The van der Waals surface area contributed by atoms with Crippen molar-refractivity contribution in [3.05, 3.63) is 41.7 Å². The molecule has 0 saturated carbocycles. The Morgan fingerprint density at radius 3 is 2.79 bits per heavy atom. The molecule has 0 unspecified atom stereocenters. The Labute approximate surface area is 112 Å². The van der Waals surface area contributed by atoms with Gasteiger partial charge in [-0.15, -0.1) is 0 Å². The highest BCUT2D eigenvalue weighted by Gasteiger charge is 2.07. The van der Waals surface area contributed by atoms with E-state index in [0.29, 0.717) is 30.3 Å². The standard InChI is InChI=1S/C14H15N3O2/c1-3-18-14-6-11(7-15)4-5-13(14)19-10-12-8-16-17(2)9-12/h4-6,8-9H,3,10H2,1-2H3. The molecule has 1 heterocycles. The number of hydrogen-bond acceptors (Lipinski definition) is 4.